The number of ketones is 1. The number of fused-ring (bicyclic) bond motifs is 1. The van der Waals surface area contributed by atoms with Gasteiger partial charge in [-0.1, -0.05) is 12.1 Å². The zero-order valence-corrected chi connectivity index (χ0v) is 20.4. The smallest absolute Gasteiger partial charge is 0.248 e. The molecule has 1 atom stereocenters. The number of aryl methyl sites for hydroxylation is 1. The summed E-state index contributed by atoms with van der Waals surface area (Å²) in [7, 11) is 0. The van der Waals surface area contributed by atoms with Crippen LogP contribution in [-0.2, 0) is 16.1 Å². The minimum Gasteiger partial charge on any atom is -0.329 e. The molecule has 0 bridgehead atoms. The van der Waals surface area contributed by atoms with E-state index in [-0.39, 0.29) is 29.8 Å². The van der Waals surface area contributed by atoms with Gasteiger partial charge in [0.1, 0.15) is 24.1 Å². The second-order valence-corrected chi connectivity index (χ2v) is 9.06. The Morgan fingerprint density at radius 3 is 2.65 bits per heavy atom. The van der Waals surface area contributed by atoms with E-state index in [0.29, 0.717) is 41.7 Å². The van der Waals surface area contributed by atoms with Crippen LogP contribution in [0.2, 0.25) is 0 Å². The van der Waals surface area contributed by atoms with Crippen LogP contribution in [-0.4, -0.2) is 54.8 Å². The molecule has 0 saturated carbocycles. The maximum absolute atomic E-state index is 13.3. The highest BCUT2D eigenvalue weighted by Crippen LogP contribution is 2.27. The number of rotatable bonds is 6. The van der Waals surface area contributed by atoms with Gasteiger partial charge in [0.15, 0.2) is 5.78 Å². The number of benzene rings is 1. The van der Waals surface area contributed by atoms with Gasteiger partial charge in [0, 0.05) is 36.3 Å². The Kier molecular flexibility index (Phi) is 6.47. The zero-order chi connectivity index (χ0) is 26.1. The summed E-state index contributed by atoms with van der Waals surface area (Å²) >= 11 is 0. The predicted octanol–water partition coefficient (Wildman–Crippen LogP) is 3.77. The topological polar surface area (TPSA) is 110 Å². The van der Waals surface area contributed by atoms with E-state index in [1.54, 1.807) is 29.2 Å². The SMILES string of the molecule is CC(=O)c1nn(CC(=O)N2CCC[C@H]2C(=O)Nc2cccc(C)n2)c2ccc(-c3ccc(F)nc3)cc12. The maximum Gasteiger partial charge on any atom is 0.248 e. The normalized spacial score (nSPS) is 15.2. The summed E-state index contributed by atoms with van der Waals surface area (Å²) < 4.78 is 14.7. The van der Waals surface area contributed by atoms with Crippen molar-refractivity contribution in [2.45, 2.75) is 39.3 Å². The van der Waals surface area contributed by atoms with Crippen LogP contribution in [0.1, 0.15) is 35.9 Å². The summed E-state index contributed by atoms with van der Waals surface area (Å²) in [5.74, 6) is -0.919. The molecule has 2 amide bonds. The Labute approximate surface area is 212 Å². The lowest BCUT2D eigenvalue weighted by Crippen LogP contribution is -2.44. The van der Waals surface area contributed by atoms with Crippen LogP contribution < -0.4 is 5.32 Å². The van der Waals surface area contributed by atoms with Crippen LogP contribution in [0, 0.1) is 12.9 Å². The fraction of sp³-hybridized carbons (Fsp3) is 0.259. The van der Waals surface area contributed by atoms with Crippen molar-refractivity contribution in [1.82, 2.24) is 24.6 Å². The standard InChI is InChI=1S/C27H25FN6O3/c1-16-5-3-7-24(30-16)31-27(37)22-6-4-12-33(22)25(36)15-34-21-10-8-18(19-9-11-23(28)29-14-19)13-20(21)26(32-34)17(2)35/h3,5,7-11,13-14,22H,4,6,12,15H2,1-2H3,(H,30,31,37)/t22-/m0/s1. The molecule has 3 aromatic heterocycles. The molecule has 9 nitrogen and oxygen atoms in total. The lowest BCUT2D eigenvalue weighted by Gasteiger charge is -2.24. The molecule has 0 unspecified atom stereocenters. The van der Waals surface area contributed by atoms with E-state index in [1.807, 2.05) is 25.1 Å². The fourth-order valence-corrected chi connectivity index (χ4v) is 4.66. The molecule has 4 aromatic rings. The average molecular weight is 501 g/mol. The van der Waals surface area contributed by atoms with E-state index in [1.165, 1.54) is 23.9 Å². The summed E-state index contributed by atoms with van der Waals surface area (Å²) in [6.45, 7) is 3.59. The largest absolute Gasteiger partial charge is 0.329 e. The molecule has 1 N–H and O–H groups in total. The molecule has 188 valence electrons. The number of hydrogen-bond acceptors (Lipinski definition) is 6. The Balaban J connectivity index is 1.39. The third kappa shape index (κ3) is 4.95. The minimum atomic E-state index is -0.610. The number of nitrogens with zero attached hydrogens (tertiary/aromatic N) is 5. The van der Waals surface area contributed by atoms with Crippen LogP contribution >= 0.6 is 0 Å². The molecule has 0 radical (unpaired) electrons. The molecule has 10 heteroatoms. The Hall–Kier alpha value is -4.47. The van der Waals surface area contributed by atoms with Gasteiger partial charge in [-0.3, -0.25) is 19.1 Å². The number of carbonyl (C=O) groups excluding carboxylic acids is 3. The minimum absolute atomic E-state index is 0.117. The first-order valence-corrected chi connectivity index (χ1v) is 12.0. The van der Waals surface area contributed by atoms with E-state index in [9.17, 15) is 18.8 Å². The number of aromatic nitrogens is 4. The molecule has 37 heavy (non-hydrogen) atoms. The molecular weight excluding hydrogens is 475 g/mol. The van der Waals surface area contributed by atoms with Gasteiger partial charge in [0.25, 0.3) is 0 Å². The van der Waals surface area contributed by atoms with E-state index >= 15 is 0 Å². The van der Waals surface area contributed by atoms with Crippen LogP contribution in [0.5, 0.6) is 0 Å². The molecule has 1 aliphatic heterocycles. The van der Waals surface area contributed by atoms with Gasteiger partial charge in [-0.05, 0) is 61.7 Å². The van der Waals surface area contributed by atoms with Crippen molar-refractivity contribution >= 4 is 34.3 Å². The number of hydrogen-bond donors (Lipinski definition) is 1. The van der Waals surface area contributed by atoms with Crippen molar-refractivity contribution in [2.75, 3.05) is 11.9 Å². The lowest BCUT2D eigenvalue weighted by molar-refractivity contribution is -0.137. The summed E-state index contributed by atoms with van der Waals surface area (Å²) in [5, 5.41) is 7.82. The molecule has 0 aliphatic carbocycles. The number of pyridine rings is 2. The molecule has 1 aliphatic rings. The number of anilines is 1. The number of carbonyl (C=O) groups is 3. The third-order valence-electron chi connectivity index (χ3n) is 6.45. The summed E-state index contributed by atoms with van der Waals surface area (Å²) in [4.78, 5) is 48.2. The molecule has 4 heterocycles. The predicted molar refractivity (Wildman–Crippen MR) is 135 cm³/mol. The first-order valence-electron chi connectivity index (χ1n) is 12.0. The number of Topliss-reactive ketones (excluding diaryl/α,β-unsaturated/α-hetero) is 1. The van der Waals surface area contributed by atoms with Gasteiger partial charge in [-0.25, -0.2) is 9.97 Å². The molecule has 1 saturated heterocycles. The molecule has 1 fully saturated rings. The van der Waals surface area contributed by atoms with Gasteiger partial charge in [0.2, 0.25) is 17.8 Å². The van der Waals surface area contributed by atoms with Crippen molar-refractivity contribution in [1.29, 1.82) is 0 Å². The highest BCUT2D eigenvalue weighted by Gasteiger charge is 2.34. The highest BCUT2D eigenvalue weighted by atomic mass is 19.1. The van der Waals surface area contributed by atoms with Gasteiger partial charge < -0.3 is 10.2 Å². The van der Waals surface area contributed by atoms with Crippen LogP contribution in [0.4, 0.5) is 10.2 Å². The molecule has 1 aromatic carbocycles. The first kappa shape index (κ1) is 24.2. The second kappa shape index (κ2) is 9.88. The fourth-order valence-electron chi connectivity index (χ4n) is 4.66. The Morgan fingerprint density at radius 2 is 1.92 bits per heavy atom. The van der Waals surface area contributed by atoms with Gasteiger partial charge in [0.05, 0.1) is 5.52 Å². The van der Waals surface area contributed by atoms with Crippen molar-refractivity contribution in [3.8, 4) is 11.1 Å². The molecular formula is C27H25FN6O3. The van der Waals surface area contributed by atoms with E-state index in [4.69, 9.17) is 0 Å². The van der Waals surface area contributed by atoms with Gasteiger partial charge in [-0.2, -0.15) is 9.49 Å². The second-order valence-electron chi connectivity index (χ2n) is 9.06. The summed E-state index contributed by atoms with van der Waals surface area (Å²) in [5.41, 5.74) is 3.07. The summed E-state index contributed by atoms with van der Waals surface area (Å²) in [6, 6.07) is 13.0. The average Bonchev–Trinajstić information content (AvgIpc) is 3.50. The van der Waals surface area contributed by atoms with Crippen molar-refractivity contribution in [2.24, 2.45) is 0 Å². The summed E-state index contributed by atoms with van der Waals surface area (Å²) in [6.07, 6.45) is 2.68. The number of amides is 2. The number of likely N-dealkylation sites (tertiary alicyclic amines) is 1. The monoisotopic (exact) mass is 500 g/mol. The lowest BCUT2D eigenvalue weighted by atomic mass is 10.0. The third-order valence-corrected chi connectivity index (χ3v) is 6.45. The first-order chi connectivity index (χ1) is 17.8. The van der Waals surface area contributed by atoms with Crippen LogP contribution in [0.25, 0.3) is 22.0 Å². The van der Waals surface area contributed by atoms with Crippen molar-refractivity contribution in [3.63, 3.8) is 0 Å². The zero-order valence-electron chi connectivity index (χ0n) is 20.4. The van der Waals surface area contributed by atoms with E-state index in [0.717, 1.165) is 11.3 Å². The number of halogens is 1. The van der Waals surface area contributed by atoms with Gasteiger partial charge >= 0.3 is 0 Å². The van der Waals surface area contributed by atoms with Crippen molar-refractivity contribution < 1.29 is 18.8 Å². The molecule has 0 spiro atoms. The maximum atomic E-state index is 13.3. The Morgan fingerprint density at radius 1 is 1.11 bits per heavy atom. The quantitative estimate of drug-likeness (QED) is 0.319. The number of nitrogens with one attached hydrogen (secondary N) is 1. The Bertz CT molecular complexity index is 1510. The van der Waals surface area contributed by atoms with Crippen LogP contribution in [0.3, 0.4) is 0 Å². The molecule has 5 rings (SSSR count). The van der Waals surface area contributed by atoms with Crippen LogP contribution in [0.15, 0.2) is 54.7 Å². The van der Waals surface area contributed by atoms with E-state index in [2.05, 4.69) is 20.4 Å². The van der Waals surface area contributed by atoms with Gasteiger partial charge in [-0.15, -0.1) is 0 Å². The van der Waals surface area contributed by atoms with E-state index < -0.39 is 12.0 Å². The van der Waals surface area contributed by atoms with Crippen molar-refractivity contribution in [3.05, 3.63) is 72.1 Å². The highest BCUT2D eigenvalue weighted by molar-refractivity contribution is 6.06.